The van der Waals surface area contributed by atoms with E-state index in [1.807, 2.05) is 0 Å². The number of hydrogen-bond donors (Lipinski definition) is 0. The van der Waals surface area contributed by atoms with Crippen molar-refractivity contribution in [3.8, 4) is 0 Å². The van der Waals surface area contributed by atoms with Crippen molar-refractivity contribution in [3.05, 3.63) is 71.8 Å². The van der Waals surface area contributed by atoms with E-state index >= 15 is 0 Å². The van der Waals surface area contributed by atoms with E-state index in [-0.39, 0.29) is 11.3 Å². The zero-order chi connectivity index (χ0) is 14.5. The smallest absolute Gasteiger partial charge is 0.289 e. The number of rotatable bonds is 5. The second-order valence-corrected chi connectivity index (χ2v) is 4.05. The van der Waals surface area contributed by atoms with E-state index in [1.54, 1.807) is 19.1 Å². The summed E-state index contributed by atoms with van der Waals surface area (Å²) in [5, 5.41) is 0. The Morgan fingerprint density at radius 3 is 2.21 bits per heavy atom. The number of halogens is 2. The molecule has 0 bridgehead atoms. The van der Waals surface area contributed by atoms with Crippen molar-refractivity contribution < 1.29 is 13.6 Å². The number of benzene rings is 1. The van der Waals surface area contributed by atoms with Crippen molar-refractivity contribution in [3.63, 3.8) is 0 Å². The van der Waals surface area contributed by atoms with Gasteiger partial charge in [-0.25, -0.2) is 0 Å². The van der Waals surface area contributed by atoms with E-state index in [1.165, 1.54) is 37.3 Å². The Kier molecular flexibility index (Phi) is 4.93. The highest BCUT2D eigenvalue weighted by Gasteiger charge is 2.27. The van der Waals surface area contributed by atoms with Crippen LogP contribution in [0.25, 0.3) is 0 Å². The molecule has 0 amide bonds. The summed E-state index contributed by atoms with van der Waals surface area (Å²) in [4.78, 5) is 11.9. The van der Waals surface area contributed by atoms with Crippen LogP contribution in [-0.2, 0) is 5.92 Å². The molecule has 1 nitrogen and oxygen atoms in total. The van der Waals surface area contributed by atoms with Crippen molar-refractivity contribution >= 4 is 5.78 Å². The minimum absolute atomic E-state index is 0.140. The zero-order valence-electron chi connectivity index (χ0n) is 11.0. The van der Waals surface area contributed by atoms with Crippen LogP contribution in [0.2, 0.25) is 0 Å². The molecule has 1 aromatic rings. The van der Waals surface area contributed by atoms with Crippen LogP contribution in [-0.4, -0.2) is 5.78 Å². The van der Waals surface area contributed by atoms with Gasteiger partial charge in [-0.3, -0.25) is 4.79 Å². The number of alkyl halides is 2. The Bertz CT molecular complexity index is 522. The molecule has 1 rings (SSSR count). The fourth-order valence-corrected chi connectivity index (χ4v) is 1.61. The molecular formula is C16H16F2O. The first-order valence-electron chi connectivity index (χ1n) is 5.91. The van der Waals surface area contributed by atoms with Gasteiger partial charge in [-0.05, 0) is 19.9 Å². The lowest BCUT2D eigenvalue weighted by molar-refractivity contribution is 0.0519. The predicted molar refractivity (Wildman–Crippen MR) is 73.4 cm³/mol. The first-order valence-corrected chi connectivity index (χ1v) is 5.91. The van der Waals surface area contributed by atoms with E-state index in [0.29, 0.717) is 11.1 Å². The Morgan fingerprint density at radius 1 is 1.16 bits per heavy atom. The first kappa shape index (κ1) is 15.0. The van der Waals surface area contributed by atoms with Gasteiger partial charge in [0.05, 0.1) is 0 Å². The molecule has 0 aromatic heterocycles. The molecule has 0 aliphatic rings. The summed E-state index contributed by atoms with van der Waals surface area (Å²) >= 11 is 0. The molecular weight excluding hydrogens is 246 g/mol. The van der Waals surface area contributed by atoms with Crippen LogP contribution in [0.4, 0.5) is 8.78 Å². The molecule has 1 aromatic carbocycles. The lowest BCUT2D eigenvalue weighted by Crippen LogP contribution is -2.10. The summed E-state index contributed by atoms with van der Waals surface area (Å²) in [6, 6.07) is 5.31. The molecule has 0 atom stereocenters. The second kappa shape index (κ2) is 6.23. The van der Waals surface area contributed by atoms with Crippen LogP contribution in [0.5, 0.6) is 0 Å². The normalized spacial score (nSPS) is 12.2. The molecule has 19 heavy (non-hydrogen) atoms. The standard InChI is InChI=1S/C16H16F2O/c1-4-6-12(3)15(19)13-7-9-14(10-8-13)16(17,18)11-5-2/h4-11H,3H2,1-2H3/b6-4-,11-5+. The average molecular weight is 262 g/mol. The minimum Gasteiger partial charge on any atom is -0.289 e. The molecule has 3 heteroatoms. The van der Waals surface area contributed by atoms with Crippen LogP contribution >= 0.6 is 0 Å². The third kappa shape index (κ3) is 3.71. The third-order valence-electron chi connectivity index (χ3n) is 2.57. The maximum atomic E-state index is 13.6. The lowest BCUT2D eigenvalue weighted by atomic mass is 10.0. The average Bonchev–Trinajstić information content (AvgIpc) is 2.38. The van der Waals surface area contributed by atoms with Crippen molar-refractivity contribution in [2.75, 3.05) is 0 Å². The molecule has 0 radical (unpaired) electrons. The maximum Gasteiger partial charge on any atom is 0.291 e. The Hall–Kier alpha value is -2.03. The highest BCUT2D eigenvalue weighted by molar-refractivity contribution is 6.10. The quantitative estimate of drug-likeness (QED) is 0.326. The SMILES string of the molecule is C=C(/C=C\C)C(=O)c1ccc(C(F)(F)/C=C/C)cc1. The van der Waals surface area contributed by atoms with Crippen LogP contribution in [0, 0.1) is 0 Å². The van der Waals surface area contributed by atoms with E-state index in [2.05, 4.69) is 6.58 Å². The van der Waals surface area contributed by atoms with Crippen LogP contribution < -0.4 is 0 Å². The molecule has 0 saturated heterocycles. The summed E-state index contributed by atoms with van der Waals surface area (Å²) in [5.41, 5.74) is 0.539. The molecule has 0 unspecified atom stereocenters. The van der Waals surface area contributed by atoms with Gasteiger partial charge in [-0.2, -0.15) is 8.78 Å². The summed E-state index contributed by atoms with van der Waals surface area (Å²) < 4.78 is 27.1. The fraction of sp³-hybridized carbons (Fsp3) is 0.188. The molecule has 0 aliphatic heterocycles. The molecule has 0 heterocycles. The molecule has 0 N–H and O–H groups in total. The number of ketones is 1. The van der Waals surface area contributed by atoms with Gasteiger partial charge in [0.2, 0.25) is 0 Å². The number of carbonyl (C=O) groups excluding carboxylic acids is 1. The van der Waals surface area contributed by atoms with Gasteiger partial charge in [-0.1, -0.05) is 49.1 Å². The van der Waals surface area contributed by atoms with Crippen molar-refractivity contribution in [1.29, 1.82) is 0 Å². The monoisotopic (exact) mass is 262 g/mol. The third-order valence-corrected chi connectivity index (χ3v) is 2.57. The second-order valence-electron chi connectivity index (χ2n) is 4.05. The van der Waals surface area contributed by atoms with Crippen LogP contribution in [0.3, 0.4) is 0 Å². The van der Waals surface area contributed by atoms with E-state index < -0.39 is 5.92 Å². The summed E-state index contributed by atoms with van der Waals surface area (Å²) in [5.74, 6) is -3.28. The van der Waals surface area contributed by atoms with Gasteiger partial charge in [0.1, 0.15) is 0 Å². The van der Waals surface area contributed by atoms with Crippen LogP contribution in [0.15, 0.2) is 60.7 Å². The Morgan fingerprint density at radius 2 is 1.74 bits per heavy atom. The van der Waals surface area contributed by atoms with E-state index in [9.17, 15) is 13.6 Å². The van der Waals surface area contributed by atoms with Gasteiger partial charge in [-0.15, -0.1) is 0 Å². The Balaban J connectivity index is 3.00. The van der Waals surface area contributed by atoms with E-state index in [0.717, 1.165) is 6.08 Å². The zero-order valence-corrected chi connectivity index (χ0v) is 11.0. The molecule has 100 valence electrons. The fourth-order valence-electron chi connectivity index (χ4n) is 1.61. The molecule has 0 saturated carbocycles. The lowest BCUT2D eigenvalue weighted by Gasteiger charge is -2.12. The van der Waals surface area contributed by atoms with Crippen molar-refractivity contribution in [2.45, 2.75) is 19.8 Å². The molecule has 0 spiro atoms. The number of allylic oxidation sites excluding steroid dienone is 5. The van der Waals surface area contributed by atoms with Gasteiger partial charge < -0.3 is 0 Å². The number of hydrogen-bond acceptors (Lipinski definition) is 1. The number of carbonyl (C=O) groups is 1. The van der Waals surface area contributed by atoms with Gasteiger partial charge in [0, 0.05) is 16.7 Å². The highest BCUT2D eigenvalue weighted by Crippen LogP contribution is 2.29. The summed E-state index contributed by atoms with van der Waals surface area (Å²) in [6.45, 7) is 6.94. The summed E-state index contributed by atoms with van der Waals surface area (Å²) in [6.07, 6.45) is 5.41. The first-order chi connectivity index (χ1) is 8.92. The predicted octanol–water partition coefficient (Wildman–Crippen LogP) is 4.67. The topological polar surface area (TPSA) is 17.1 Å². The van der Waals surface area contributed by atoms with Gasteiger partial charge >= 0.3 is 0 Å². The molecule has 0 aliphatic carbocycles. The number of Topliss-reactive ketones (excluding diaryl/α,β-unsaturated/α-hetero) is 1. The van der Waals surface area contributed by atoms with Crippen molar-refractivity contribution in [2.24, 2.45) is 0 Å². The summed E-state index contributed by atoms with van der Waals surface area (Å²) in [7, 11) is 0. The van der Waals surface area contributed by atoms with Crippen molar-refractivity contribution in [1.82, 2.24) is 0 Å². The minimum atomic E-state index is -3.02. The highest BCUT2D eigenvalue weighted by atomic mass is 19.3. The van der Waals surface area contributed by atoms with Gasteiger partial charge in [0.25, 0.3) is 5.92 Å². The van der Waals surface area contributed by atoms with E-state index in [4.69, 9.17) is 0 Å². The van der Waals surface area contributed by atoms with Crippen LogP contribution in [0.1, 0.15) is 29.8 Å². The maximum absolute atomic E-state index is 13.6. The Labute approximate surface area is 112 Å². The van der Waals surface area contributed by atoms with Gasteiger partial charge in [0.15, 0.2) is 5.78 Å². The largest absolute Gasteiger partial charge is 0.291 e. The molecule has 0 fully saturated rings.